The molecule has 0 saturated heterocycles. The van der Waals surface area contributed by atoms with E-state index in [-0.39, 0.29) is 0 Å². The molecular weight excluding hydrogens is 332 g/mol. The van der Waals surface area contributed by atoms with Crippen molar-refractivity contribution in [3.05, 3.63) is 59.7 Å². The van der Waals surface area contributed by atoms with Crippen LogP contribution in [0.4, 0.5) is 5.69 Å². The van der Waals surface area contributed by atoms with Gasteiger partial charge in [-0.3, -0.25) is 0 Å². The molecule has 3 heteroatoms. The number of anilines is 1. The van der Waals surface area contributed by atoms with Gasteiger partial charge in [0.15, 0.2) is 0 Å². The number of nitrogens with zero attached hydrogens (tertiary/aromatic N) is 1. The van der Waals surface area contributed by atoms with E-state index >= 15 is 0 Å². The fraction of sp³-hybridized carbons (Fsp3) is 0.500. The van der Waals surface area contributed by atoms with Gasteiger partial charge < -0.3 is 15.0 Å². The first-order valence-electron chi connectivity index (χ1n) is 10.2. The number of rotatable bonds is 11. The van der Waals surface area contributed by atoms with Gasteiger partial charge in [0.1, 0.15) is 12.3 Å². The summed E-state index contributed by atoms with van der Waals surface area (Å²) in [5.74, 6) is 2.32. The van der Waals surface area contributed by atoms with Gasteiger partial charge in [0, 0.05) is 31.8 Å². The number of methoxy groups -OCH3 is 1. The molecule has 2 N–H and O–H groups in total. The molecule has 0 aliphatic rings. The van der Waals surface area contributed by atoms with Gasteiger partial charge >= 0.3 is 0 Å². The van der Waals surface area contributed by atoms with Gasteiger partial charge in [-0.25, -0.2) is 0 Å². The molecule has 1 atom stereocenters. The van der Waals surface area contributed by atoms with Crippen LogP contribution in [0.25, 0.3) is 0 Å². The molecule has 3 nitrogen and oxygen atoms in total. The van der Waals surface area contributed by atoms with E-state index in [9.17, 15) is 0 Å². The monoisotopic (exact) mass is 369 g/mol. The van der Waals surface area contributed by atoms with Crippen molar-refractivity contribution in [2.24, 2.45) is 5.92 Å². The quantitative estimate of drug-likeness (QED) is 0.594. The van der Waals surface area contributed by atoms with Gasteiger partial charge in [0.25, 0.3) is 0 Å². The highest BCUT2D eigenvalue weighted by atomic mass is 16.5. The maximum atomic E-state index is 5.31. The van der Waals surface area contributed by atoms with Crippen molar-refractivity contribution in [3.8, 4) is 5.75 Å². The Hall–Kier alpha value is -2.00. The Morgan fingerprint density at radius 2 is 1.56 bits per heavy atom. The average molecular weight is 370 g/mol. The Kier molecular flexibility index (Phi) is 8.66. The molecule has 0 bridgehead atoms. The van der Waals surface area contributed by atoms with Crippen LogP contribution in [0.1, 0.15) is 50.2 Å². The molecule has 2 aromatic rings. The first-order valence-corrected chi connectivity index (χ1v) is 10.2. The molecule has 0 heterocycles. The number of ether oxygens (including phenoxy) is 1. The Bertz CT molecular complexity index is 647. The van der Waals surface area contributed by atoms with E-state index < -0.39 is 0 Å². The summed E-state index contributed by atoms with van der Waals surface area (Å²) in [6.07, 6.45) is 3.76. The highest BCUT2D eigenvalue weighted by Gasteiger charge is 2.13. The molecule has 148 valence electrons. The Labute approximate surface area is 165 Å². The molecule has 2 aromatic carbocycles. The lowest BCUT2D eigenvalue weighted by Crippen LogP contribution is -2.82. The van der Waals surface area contributed by atoms with Gasteiger partial charge in [-0.15, -0.1) is 0 Å². The van der Waals surface area contributed by atoms with Gasteiger partial charge in [0.2, 0.25) is 0 Å². The third-order valence-electron chi connectivity index (χ3n) is 5.23. The van der Waals surface area contributed by atoms with Crippen molar-refractivity contribution in [1.29, 1.82) is 0 Å². The topological polar surface area (TPSA) is 29.1 Å². The van der Waals surface area contributed by atoms with Crippen LogP contribution in [0.15, 0.2) is 48.5 Å². The van der Waals surface area contributed by atoms with E-state index in [1.807, 2.05) is 0 Å². The lowest BCUT2D eigenvalue weighted by atomic mass is 9.88. The summed E-state index contributed by atoms with van der Waals surface area (Å²) in [4.78, 5) is 2.14. The zero-order valence-corrected chi connectivity index (χ0v) is 17.7. The summed E-state index contributed by atoms with van der Waals surface area (Å²) in [6.45, 7) is 6.83. The summed E-state index contributed by atoms with van der Waals surface area (Å²) < 4.78 is 5.31. The minimum Gasteiger partial charge on any atom is -0.497 e. The Morgan fingerprint density at radius 1 is 0.889 bits per heavy atom. The van der Waals surface area contributed by atoms with Crippen molar-refractivity contribution in [1.82, 2.24) is 0 Å². The van der Waals surface area contributed by atoms with Crippen molar-refractivity contribution in [2.45, 2.75) is 45.6 Å². The molecule has 0 radical (unpaired) electrons. The van der Waals surface area contributed by atoms with Crippen LogP contribution in [0.2, 0.25) is 0 Å². The van der Waals surface area contributed by atoms with Gasteiger partial charge in [-0.1, -0.05) is 44.5 Å². The van der Waals surface area contributed by atoms with Crippen molar-refractivity contribution < 1.29 is 10.1 Å². The molecule has 2 rings (SSSR count). The third kappa shape index (κ3) is 7.26. The smallest absolute Gasteiger partial charge is 0.118 e. The molecule has 0 saturated carbocycles. The van der Waals surface area contributed by atoms with E-state index in [1.165, 1.54) is 36.1 Å². The van der Waals surface area contributed by atoms with Crippen molar-refractivity contribution in [3.63, 3.8) is 0 Å². The first kappa shape index (κ1) is 21.3. The Balaban J connectivity index is 1.86. The Morgan fingerprint density at radius 3 is 2.11 bits per heavy atom. The standard InChI is InChI=1S/C24H36N2O/c1-19(2)6-9-22(21-10-14-24(27-5)15-11-21)16-17-25-18-20-7-12-23(13-8-20)26(3)4/h7-8,10-15,19,22,25H,6,9,16-18H2,1-5H3/p+1/t22-/m1/s1. The zero-order valence-electron chi connectivity index (χ0n) is 17.7. The highest BCUT2D eigenvalue weighted by molar-refractivity contribution is 5.45. The molecular formula is C24H37N2O+. The van der Waals surface area contributed by atoms with Crippen LogP contribution >= 0.6 is 0 Å². The molecule has 0 amide bonds. The number of hydrogen-bond donors (Lipinski definition) is 1. The summed E-state index contributed by atoms with van der Waals surface area (Å²) in [5.41, 5.74) is 4.09. The molecule has 0 aliphatic carbocycles. The molecule has 0 spiro atoms. The van der Waals surface area contributed by atoms with Gasteiger partial charge in [-0.2, -0.15) is 0 Å². The number of nitrogens with two attached hydrogens (primary N) is 1. The van der Waals surface area contributed by atoms with E-state index in [2.05, 4.69) is 86.7 Å². The zero-order chi connectivity index (χ0) is 19.6. The van der Waals surface area contributed by atoms with Crippen LogP contribution in [-0.4, -0.2) is 27.7 Å². The minimum atomic E-state index is 0.630. The summed E-state index contributed by atoms with van der Waals surface area (Å²) >= 11 is 0. The first-order chi connectivity index (χ1) is 13.0. The summed E-state index contributed by atoms with van der Waals surface area (Å²) in [7, 11) is 5.89. The lowest BCUT2D eigenvalue weighted by molar-refractivity contribution is -0.671. The van der Waals surface area contributed by atoms with Gasteiger partial charge in [-0.05, 0) is 48.1 Å². The SMILES string of the molecule is COc1ccc([C@@H](CC[NH2+]Cc2ccc(N(C)C)cc2)CCC(C)C)cc1. The van der Waals surface area contributed by atoms with E-state index in [0.29, 0.717) is 5.92 Å². The molecule has 27 heavy (non-hydrogen) atoms. The summed E-state index contributed by atoms with van der Waals surface area (Å²) in [5, 5.41) is 2.44. The van der Waals surface area contributed by atoms with Crippen LogP contribution in [0.3, 0.4) is 0 Å². The fourth-order valence-electron chi connectivity index (χ4n) is 3.41. The largest absolute Gasteiger partial charge is 0.497 e. The second kappa shape index (κ2) is 11.0. The van der Waals surface area contributed by atoms with E-state index in [1.54, 1.807) is 7.11 Å². The molecule has 0 unspecified atom stereocenters. The van der Waals surface area contributed by atoms with Crippen LogP contribution in [0.5, 0.6) is 5.75 Å². The van der Waals surface area contributed by atoms with Crippen molar-refractivity contribution in [2.75, 3.05) is 32.6 Å². The van der Waals surface area contributed by atoms with Crippen LogP contribution in [0, 0.1) is 5.92 Å². The summed E-state index contributed by atoms with van der Waals surface area (Å²) in [6, 6.07) is 17.5. The predicted octanol–water partition coefficient (Wildman–Crippen LogP) is 4.43. The number of hydrogen-bond acceptors (Lipinski definition) is 2. The third-order valence-corrected chi connectivity index (χ3v) is 5.23. The lowest BCUT2D eigenvalue weighted by Gasteiger charge is -2.18. The second-order valence-corrected chi connectivity index (χ2v) is 8.07. The minimum absolute atomic E-state index is 0.630. The normalized spacial score (nSPS) is 12.2. The predicted molar refractivity (Wildman–Crippen MR) is 116 cm³/mol. The maximum Gasteiger partial charge on any atom is 0.118 e. The molecule has 0 aromatic heterocycles. The highest BCUT2D eigenvalue weighted by Crippen LogP contribution is 2.27. The molecule has 0 aliphatic heterocycles. The second-order valence-electron chi connectivity index (χ2n) is 8.07. The average Bonchev–Trinajstić information content (AvgIpc) is 2.67. The number of benzene rings is 2. The van der Waals surface area contributed by atoms with Crippen LogP contribution < -0.4 is 15.0 Å². The number of quaternary nitrogens is 1. The fourth-order valence-corrected chi connectivity index (χ4v) is 3.41. The van der Waals surface area contributed by atoms with Crippen molar-refractivity contribution >= 4 is 5.69 Å². The van der Waals surface area contributed by atoms with E-state index in [0.717, 1.165) is 24.8 Å². The van der Waals surface area contributed by atoms with Crippen LogP contribution in [-0.2, 0) is 6.54 Å². The maximum absolute atomic E-state index is 5.31. The van der Waals surface area contributed by atoms with Gasteiger partial charge in [0.05, 0.1) is 13.7 Å². The van der Waals surface area contributed by atoms with E-state index in [4.69, 9.17) is 4.74 Å². The molecule has 0 fully saturated rings.